The standard InChI is InChI=1S/C31H48O2/c1-28(2,3)22-16-20(17-23(26(22)32)29(4,5)6)14-13-15-21-18-24(30(7,8)9)27(33)25(19-21)31(10,11)12/h16-19,32-33H,13-15H2,1-12H3. The highest BCUT2D eigenvalue weighted by molar-refractivity contribution is 5.51. The fourth-order valence-electron chi connectivity index (χ4n) is 4.46. The van der Waals surface area contributed by atoms with Crippen LogP contribution in [-0.2, 0) is 34.5 Å². The molecule has 2 aromatic rings. The van der Waals surface area contributed by atoms with Crippen LogP contribution in [0.25, 0.3) is 0 Å². The van der Waals surface area contributed by atoms with Crippen molar-refractivity contribution in [1.82, 2.24) is 0 Å². The van der Waals surface area contributed by atoms with E-state index in [9.17, 15) is 10.2 Å². The van der Waals surface area contributed by atoms with Gasteiger partial charge in [0.2, 0.25) is 0 Å². The van der Waals surface area contributed by atoms with E-state index >= 15 is 0 Å². The predicted molar refractivity (Wildman–Crippen MR) is 143 cm³/mol. The molecule has 0 saturated carbocycles. The summed E-state index contributed by atoms with van der Waals surface area (Å²) in [6, 6.07) is 8.79. The summed E-state index contributed by atoms with van der Waals surface area (Å²) < 4.78 is 0. The molecule has 0 spiro atoms. The van der Waals surface area contributed by atoms with Crippen LogP contribution >= 0.6 is 0 Å². The zero-order valence-electron chi connectivity index (χ0n) is 23.3. The van der Waals surface area contributed by atoms with Crippen LogP contribution in [0.5, 0.6) is 11.5 Å². The van der Waals surface area contributed by atoms with Gasteiger partial charge in [0.05, 0.1) is 0 Å². The molecule has 2 rings (SSSR count). The second-order valence-corrected chi connectivity index (χ2v) is 13.9. The third kappa shape index (κ3) is 6.55. The average molecular weight is 453 g/mol. The van der Waals surface area contributed by atoms with Gasteiger partial charge in [0.15, 0.2) is 0 Å². The maximum Gasteiger partial charge on any atom is 0.123 e. The van der Waals surface area contributed by atoms with Crippen LogP contribution in [0.1, 0.15) is 123 Å². The Balaban J connectivity index is 2.39. The minimum absolute atomic E-state index is 0.111. The van der Waals surface area contributed by atoms with Crippen molar-refractivity contribution in [3.05, 3.63) is 57.6 Å². The molecule has 0 saturated heterocycles. The Morgan fingerprint density at radius 1 is 0.455 bits per heavy atom. The van der Waals surface area contributed by atoms with Crippen molar-refractivity contribution >= 4 is 0 Å². The molecule has 0 fully saturated rings. The van der Waals surface area contributed by atoms with Gasteiger partial charge in [-0.25, -0.2) is 0 Å². The van der Waals surface area contributed by atoms with Gasteiger partial charge >= 0.3 is 0 Å². The largest absolute Gasteiger partial charge is 0.507 e. The molecule has 0 heterocycles. The van der Waals surface area contributed by atoms with Crippen molar-refractivity contribution in [1.29, 1.82) is 0 Å². The summed E-state index contributed by atoms with van der Waals surface area (Å²) in [4.78, 5) is 0. The van der Waals surface area contributed by atoms with E-state index in [4.69, 9.17) is 0 Å². The van der Waals surface area contributed by atoms with Crippen molar-refractivity contribution in [2.75, 3.05) is 0 Å². The molecule has 0 unspecified atom stereocenters. The van der Waals surface area contributed by atoms with Crippen molar-refractivity contribution in [2.24, 2.45) is 0 Å². The quantitative estimate of drug-likeness (QED) is 0.488. The van der Waals surface area contributed by atoms with Crippen LogP contribution < -0.4 is 0 Å². The molecule has 33 heavy (non-hydrogen) atoms. The zero-order chi connectivity index (χ0) is 25.6. The lowest BCUT2D eigenvalue weighted by Gasteiger charge is -2.29. The summed E-state index contributed by atoms with van der Waals surface area (Å²) in [5.41, 5.74) is 6.24. The minimum Gasteiger partial charge on any atom is -0.507 e. The molecule has 2 aromatic carbocycles. The summed E-state index contributed by atoms with van der Waals surface area (Å²) in [6.07, 6.45) is 2.95. The molecule has 0 amide bonds. The van der Waals surface area contributed by atoms with E-state index in [1.54, 1.807) is 0 Å². The topological polar surface area (TPSA) is 40.5 Å². The molecule has 2 nitrogen and oxygen atoms in total. The second-order valence-electron chi connectivity index (χ2n) is 13.9. The van der Waals surface area contributed by atoms with E-state index in [0.717, 1.165) is 41.5 Å². The van der Waals surface area contributed by atoms with Gasteiger partial charge in [-0.1, -0.05) is 107 Å². The summed E-state index contributed by atoms with van der Waals surface area (Å²) in [6.45, 7) is 26.0. The molecular weight excluding hydrogens is 404 g/mol. The van der Waals surface area contributed by atoms with Gasteiger partial charge in [-0.3, -0.25) is 0 Å². The van der Waals surface area contributed by atoms with Gasteiger partial charge in [-0.05, 0) is 74.3 Å². The molecule has 184 valence electrons. The fraction of sp³-hybridized carbons (Fsp3) is 0.613. The monoisotopic (exact) mass is 452 g/mol. The van der Waals surface area contributed by atoms with E-state index in [1.165, 1.54) is 11.1 Å². The molecule has 0 aliphatic carbocycles. The van der Waals surface area contributed by atoms with Gasteiger partial charge in [0.1, 0.15) is 11.5 Å². The molecular formula is C31H48O2. The van der Waals surface area contributed by atoms with Gasteiger partial charge in [0.25, 0.3) is 0 Å². The molecule has 0 atom stereocenters. The van der Waals surface area contributed by atoms with Crippen LogP contribution in [0.15, 0.2) is 24.3 Å². The molecule has 0 aliphatic heterocycles. The van der Waals surface area contributed by atoms with Crippen molar-refractivity contribution in [3.8, 4) is 11.5 Å². The number of benzene rings is 2. The summed E-state index contributed by atoms with van der Waals surface area (Å²) in [5, 5.41) is 22.0. The first-order valence-electron chi connectivity index (χ1n) is 12.5. The Morgan fingerprint density at radius 3 is 0.848 bits per heavy atom. The number of hydrogen-bond donors (Lipinski definition) is 2. The zero-order valence-corrected chi connectivity index (χ0v) is 23.3. The van der Waals surface area contributed by atoms with E-state index in [2.05, 4.69) is 107 Å². The number of rotatable bonds is 4. The highest BCUT2D eigenvalue weighted by Crippen LogP contribution is 2.41. The van der Waals surface area contributed by atoms with E-state index in [-0.39, 0.29) is 21.7 Å². The average Bonchev–Trinajstić information content (AvgIpc) is 2.60. The molecule has 0 aromatic heterocycles. The Labute approximate surface area is 203 Å². The summed E-state index contributed by atoms with van der Waals surface area (Å²) >= 11 is 0. The molecule has 0 radical (unpaired) electrons. The van der Waals surface area contributed by atoms with Gasteiger partial charge in [-0.2, -0.15) is 0 Å². The Hall–Kier alpha value is -1.96. The first-order chi connectivity index (χ1) is 14.7. The maximum absolute atomic E-state index is 11.0. The number of phenols is 2. The predicted octanol–water partition coefficient (Wildman–Crippen LogP) is 8.46. The van der Waals surface area contributed by atoms with Crippen LogP contribution in [-0.4, -0.2) is 10.2 Å². The minimum atomic E-state index is -0.111. The van der Waals surface area contributed by atoms with Crippen LogP contribution in [0.3, 0.4) is 0 Å². The normalized spacial score (nSPS) is 13.5. The SMILES string of the molecule is CC(C)(C)c1cc(CCCc2cc(C(C)(C)C)c(O)c(C(C)(C)C)c2)cc(C(C)(C)C)c1O. The lowest BCUT2D eigenvalue weighted by molar-refractivity contribution is 0.422. The lowest BCUT2D eigenvalue weighted by atomic mass is 9.77. The van der Waals surface area contributed by atoms with E-state index in [0.29, 0.717) is 11.5 Å². The first-order valence-corrected chi connectivity index (χ1v) is 12.5. The fourth-order valence-corrected chi connectivity index (χ4v) is 4.46. The van der Waals surface area contributed by atoms with Crippen molar-refractivity contribution in [2.45, 2.75) is 124 Å². The number of aryl methyl sites for hydroxylation is 2. The Bertz CT molecular complexity index is 832. The second kappa shape index (κ2) is 9.01. The van der Waals surface area contributed by atoms with Gasteiger partial charge < -0.3 is 10.2 Å². The van der Waals surface area contributed by atoms with Crippen molar-refractivity contribution in [3.63, 3.8) is 0 Å². The van der Waals surface area contributed by atoms with Crippen LogP contribution in [0, 0.1) is 0 Å². The van der Waals surface area contributed by atoms with E-state index < -0.39 is 0 Å². The third-order valence-electron chi connectivity index (χ3n) is 6.50. The molecule has 2 N–H and O–H groups in total. The Kier molecular flexibility index (Phi) is 7.45. The summed E-state index contributed by atoms with van der Waals surface area (Å²) in [7, 11) is 0. The lowest BCUT2D eigenvalue weighted by Crippen LogP contribution is -2.18. The Morgan fingerprint density at radius 2 is 0.667 bits per heavy atom. The summed E-state index contributed by atoms with van der Waals surface area (Å²) in [5.74, 6) is 0.892. The van der Waals surface area contributed by atoms with E-state index in [1.807, 2.05) is 0 Å². The third-order valence-corrected chi connectivity index (χ3v) is 6.50. The smallest absolute Gasteiger partial charge is 0.123 e. The number of phenolic OH excluding ortho intramolecular Hbond substituents is 2. The molecule has 2 heteroatoms. The number of hydrogen-bond acceptors (Lipinski definition) is 2. The molecule has 0 bridgehead atoms. The highest BCUT2D eigenvalue weighted by atomic mass is 16.3. The van der Waals surface area contributed by atoms with Crippen molar-refractivity contribution < 1.29 is 10.2 Å². The first kappa shape index (κ1) is 27.3. The van der Waals surface area contributed by atoms with Gasteiger partial charge in [-0.15, -0.1) is 0 Å². The molecule has 0 aliphatic rings. The van der Waals surface area contributed by atoms with Crippen LogP contribution in [0.4, 0.5) is 0 Å². The van der Waals surface area contributed by atoms with Gasteiger partial charge in [0, 0.05) is 0 Å². The maximum atomic E-state index is 11.0. The van der Waals surface area contributed by atoms with Crippen LogP contribution in [0.2, 0.25) is 0 Å². The number of aromatic hydroxyl groups is 2. The highest BCUT2D eigenvalue weighted by Gasteiger charge is 2.28.